The van der Waals surface area contributed by atoms with Gasteiger partial charge in [0, 0.05) is 11.6 Å². The molecule has 2 heterocycles. The number of aromatic nitrogens is 2. The van der Waals surface area contributed by atoms with Gasteiger partial charge in [0.25, 0.3) is 5.91 Å². The second kappa shape index (κ2) is 9.83. The fourth-order valence-corrected chi connectivity index (χ4v) is 3.38. The van der Waals surface area contributed by atoms with Gasteiger partial charge in [-0.15, -0.1) is 11.3 Å². The molecule has 0 aliphatic heterocycles. The number of aromatic amines is 1. The van der Waals surface area contributed by atoms with Gasteiger partial charge in [-0.2, -0.15) is 10.1 Å². The van der Waals surface area contributed by atoms with Crippen LogP contribution >= 0.6 is 11.3 Å². The largest absolute Gasteiger partial charge is 0.493 e. The summed E-state index contributed by atoms with van der Waals surface area (Å²) < 4.78 is 10.7. The van der Waals surface area contributed by atoms with Gasteiger partial charge >= 0.3 is 11.4 Å². The lowest BCUT2D eigenvalue weighted by atomic mass is 10.2. The number of methoxy groups -OCH3 is 1. The topological polar surface area (TPSA) is 149 Å². The van der Waals surface area contributed by atoms with Crippen LogP contribution in [-0.4, -0.2) is 40.2 Å². The normalized spacial score (nSPS) is 11.0. The molecule has 0 aliphatic carbocycles. The first-order valence-electron chi connectivity index (χ1n) is 9.30. The molecule has 0 aliphatic rings. The second-order valence-corrected chi connectivity index (χ2v) is 7.60. The summed E-state index contributed by atoms with van der Waals surface area (Å²) in [5.74, 6) is -0.564. The maximum atomic E-state index is 12.4. The van der Waals surface area contributed by atoms with E-state index in [0.717, 1.165) is 4.88 Å². The minimum absolute atomic E-state index is 0.00232. The zero-order chi connectivity index (χ0) is 23.3. The van der Waals surface area contributed by atoms with Gasteiger partial charge < -0.3 is 14.5 Å². The minimum Gasteiger partial charge on any atom is -0.493 e. The van der Waals surface area contributed by atoms with Gasteiger partial charge in [-0.05, 0) is 37.4 Å². The third-order valence-electron chi connectivity index (χ3n) is 3.97. The molecule has 11 nitrogen and oxygen atoms in total. The summed E-state index contributed by atoms with van der Waals surface area (Å²) in [6.45, 7) is 3.47. The van der Waals surface area contributed by atoms with Crippen LogP contribution in [0.5, 0.6) is 11.5 Å². The van der Waals surface area contributed by atoms with Crippen LogP contribution < -0.4 is 20.6 Å². The molecule has 0 spiro atoms. The number of hydrogen-bond acceptors (Lipinski definition) is 9. The molecule has 166 valence electrons. The molecule has 32 heavy (non-hydrogen) atoms. The number of benzene rings is 1. The Morgan fingerprint density at radius 1 is 1.38 bits per heavy atom. The van der Waals surface area contributed by atoms with Crippen molar-refractivity contribution in [3.63, 3.8) is 0 Å². The van der Waals surface area contributed by atoms with Crippen molar-refractivity contribution in [1.82, 2.24) is 15.4 Å². The Morgan fingerprint density at radius 2 is 2.16 bits per heavy atom. The molecule has 0 saturated carbocycles. The van der Waals surface area contributed by atoms with Crippen molar-refractivity contribution in [2.24, 2.45) is 5.10 Å². The lowest BCUT2D eigenvalue weighted by molar-refractivity contribution is -0.386. The van der Waals surface area contributed by atoms with Crippen molar-refractivity contribution in [3.05, 3.63) is 67.6 Å². The van der Waals surface area contributed by atoms with Crippen molar-refractivity contribution < 1.29 is 19.2 Å². The number of hydrazone groups is 1. The van der Waals surface area contributed by atoms with Crippen LogP contribution in [0.2, 0.25) is 0 Å². The van der Waals surface area contributed by atoms with Crippen LogP contribution in [0.25, 0.3) is 10.6 Å². The number of H-pyrrole nitrogens is 1. The average Bonchev–Trinajstić information content (AvgIpc) is 3.28. The standard InChI is InChI=1S/C20H19N5O6S/c1-11(2)31-18-15(25(28)29)7-12(8-16(18)30-3)10-21-24-19(26)14-9-13(22-20(27)23-14)17-5-4-6-32-17/h4-11H,1-3H3,(H,24,26)(H,22,23,27)/b21-10+. The number of thiophene rings is 1. The van der Waals surface area contributed by atoms with E-state index in [2.05, 4.69) is 20.5 Å². The Bertz CT molecular complexity index is 1220. The predicted molar refractivity (Wildman–Crippen MR) is 119 cm³/mol. The van der Waals surface area contributed by atoms with Gasteiger partial charge in [0.15, 0.2) is 5.75 Å². The first-order valence-corrected chi connectivity index (χ1v) is 10.2. The zero-order valence-electron chi connectivity index (χ0n) is 17.3. The molecule has 2 N–H and O–H groups in total. The molecule has 0 saturated heterocycles. The van der Waals surface area contributed by atoms with Gasteiger partial charge in [0.1, 0.15) is 5.69 Å². The molecular weight excluding hydrogens is 438 g/mol. The van der Waals surface area contributed by atoms with E-state index in [1.807, 2.05) is 11.4 Å². The van der Waals surface area contributed by atoms with E-state index in [1.54, 1.807) is 19.9 Å². The van der Waals surface area contributed by atoms with Gasteiger partial charge in [-0.25, -0.2) is 10.2 Å². The first-order chi connectivity index (χ1) is 15.3. The molecule has 12 heteroatoms. The summed E-state index contributed by atoms with van der Waals surface area (Å²) in [6.07, 6.45) is 0.905. The van der Waals surface area contributed by atoms with E-state index in [4.69, 9.17) is 9.47 Å². The van der Waals surface area contributed by atoms with E-state index in [9.17, 15) is 19.7 Å². The number of ether oxygens (including phenoxy) is 2. The van der Waals surface area contributed by atoms with Gasteiger partial charge in [0.2, 0.25) is 5.75 Å². The fourth-order valence-electron chi connectivity index (χ4n) is 2.69. The van der Waals surface area contributed by atoms with Crippen LogP contribution in [-0.2, 0) is 0 Å². The van der Waals surface area contributed by atoms with Crippen molar-refractivity contribution in [2.75, 3.05) is 7.11 Å². The van der Waals surface area contributed by atoms with Gasteiger partial charge in [-0.3, -0.25) is 14.9 Å². The van der Waals surface area contributed by atoms with E-state index < -0.39 is 16.5 Å². The molecule has 2 aromatic heterocycles. The zero-order valence-corrected chi connectivity index (χ0v) is 18.1. The van der Waals surface area contributed by atoms with Crippen LogP contribution in [0, 0.1) is 10.1 Å². The number of carbonyl (C=O) groups excluding carboxylic acids is 1. The summed E-state index contributed by atoms with van der Waals surface area (Å²) in [5.41, 5.74) is 1.90. The smallest absolute Gasteiger partial charge is 0.346 e. The Balaban J connectivity index is 1.83. The Hall–Kier alpha value is -4.06. The number of hydrogen-bond donors (Lipinski definition) is 2. The number of nitrogens with one attached hydrogen (secondary N) is 2. The van der Waals surface area contributed by atoms with Crippen LogP contribution in [0.3, 0.4) is 0 Å². The Labute approximate surface area is 185 Å². The molecule has 3 aromatic rings. The van der Waals surface area contributed by atoms with E-state index >= 15 is 0 Å². The highest BCUT2D eigenvalue weighted by molar-refractivity contribution is 7.13. The second-order valence-electron chi connectivity index (χ2n) is 6.66. The van der Waals surface area contributed by atoms with Crippen LogP contribution in [0.1, 0.15) is 29.9 Å². The highest BCUT2D eigenvalue weighted by atomic mass is 32.1. The van der Waals surface area contributed by atoms with Gasteiger partial charge in [0.05, 0.1) is 34.9 Å². The molecule has 0 fully saturated rings. The first kappa shape index (κ1) is 22.6. The summed E-state index contributed by atoms with van der Waals surface area (Å²) in [4.78, 5) is 42.1. The summed E-state index contributed by atoms with van der Waals surface area (Å²) in [5, 5.41) is 17.1. The SMILES string of the molecule is COc1cc(/C=N/NC(=O)c2cc(-c3cccs3)[nH]c(=O)n2)cc([N+](=O)[O-])c1OC(C)C. The third kappa shape index (κ3) is 5.35. The van der Waals surface area contributed by atoms with Crippen molar-refractivity contribution >= 4 is 29.1 Å². The fraction of sp³-hybridized carbons (Fsp3) is 0.200. The number of nitro benzene ring substituents is 1. The molecule has 1 amide bonds. The number of carbonyl (C=O) groups is 1. The van der Waals surface area contributed by atoms with Crippen LogP contribution in [0.4, 0.5) is 5.69 Å². The molecule has 3 rings (SSSR count). The van der Waals surface area contributed by atoms with E-state index in [0.29, 0.717) is 11.3 Å². The average molecular weight is 457 g/mol. The Kier molecular flexibility index (Phi) is 6.95. The maximum Gasteiger partial charge on any atom is 0.346 e. The monoisotopic (exact) mass is 457 g/mol. The van der Waals surface area contributed by atoms with Crippen LogP contribution in [0.15, 0.2) is 45.6 Å². The molecule has 0 unspecified atom stereocenters. The summed E-state index contributed by atoms with van der Waals surface area (Å²) >= 11 is 1.40. The number of rotatable bonds is 8. The predicted octanol–water partition coefficient (Wildman–Crippen LogP) is 2.97. The highest BCUT2D eigenvalue weighted by Gasteiger charge is 2.23. The molecule has 0 atom stereocenters. The Morgan fingerprint density at radius 3 is 2.78 bits per heavy atom. The maximum absolute atomic E-state index is 12.4. The number of nitro groups is 1. The quantitative estimate of drug-likeness (QED) is 0.300. The lowest BCUT2D eigenvalue weighted by Crippen LogP contribution is -2.24. The van der Waals surface area contributed by atoms with Crippen molar-refractivity contribution in [1.29, 1.82) is 0 Å². The molecule has 0 bridgehead atoms. The number of amides is 1. The summed E-state index contributed by atoms with van der Waals surface area (Å²) in [6, 6.07) is 7.78. The minimum atomic E-state index is -0.716. The molecule has 0 radical (unpaired) electrons. The third-order valence-corrected chi connectivity index (χ3v) is 4.87. The molecule has 1 aromatic carbocycles. The van der Waals surface area contributed by atoms with E-state index in [1.165, 1.54) is 42.9 Å². The lowest BCUT2D eigenvalue weighted by Gasteiger charge is -2.14. The van der Waals surface area contributed by atoms with Crippen molar-refractivity contribution in [2.45, 2.75) is 20.0 Å². The molecular formula is C20H19N5O6S. The van der Waals surface area contributed by atoms with Gasteiger partial charge in [-0.1, -0.05) is 6.07 Å². The number of nitrogens with zero attached hydrogens (tertiary/aromatic N) is 3. The van der Waals surface area contributed by atoms with E-state index in [-0.39, 0.29) is 29.0 Å². The highest BCUT2D eigenvalue weighted by Crippen LogP contribution is 2.38. The van der Waals surface area contributed by atoms with Crippen molar-refractivity contribution in [3.8, 4) is 22.1 Å². The summed E-state index contributed by atoms with van der Waals surface area (Å²) in [7, 11) is 1.36.